The number of thiophene rings is 1. The lowest BCUT2D eigenvalue weighted by Gasteiger charge is -2.17. The topological polar surface area (TPSA) is 54.9 Å². The van der Waals surface area contributed by atoms with Crippen LogP contribution in [0.1, 0.15) is 23.8 Å². The van der Waals surface area contributed by atoms with Gasteiger partial charge < -0.3 is 0 Å². The number of hydrogen-bond acceptors (Lipinski definition) is 3. The summed E-state index contributed by atoms with van der Waals surface area (Å²) in [5.41, 5.74) is 1.01. The molecule has 0 amide bonds. The Morgan fingerprint density at radius 2 is 2.00 bits per heavy atom. The third-order valence-corrected chi connectivity index (χ3v) is 5.89. The van der Waals surface area contributed by atoms with Crippen LogP contribution in [0.4, 0.5) is 0 Å². The second kappa shape index (κ2) is 5.35. The van der Waals surface area contributed by atoms with Gasteiger partial charge in [0.2, 0.25) is 0 Å². The van der Waals surface area contributed by atoms with Gasteiger partial charge in [-0.2, -0.15) is 0 Å². The summed E-state index contributed by atoms with van der Waals surface area (Å²) in [5.74, 6) is 0.565. The van der Waals surface area contributed by atoms with Gasteiger partial charge in [-0.1, -0.05) is 18.5 Å². The number of H-pyrrole nitrogens is 1. The van der Waals surface area contributed by atoms with Gasteiger partial charge in [-0.05, 0) is 55.0 Å². The lowest BCUT2D eigenvalue weighted by atomic mass is 9.89. The maximum absolute atomic E-state index is 13.0. The van der Waals surface area contributed by atoms with Crippen LogP contribution < -0.4 is 11.2 Å². The van der Waals surface area contributed by atoms with Crippen LogP contribution in [-0.2, 0) is 12.8 Å². The molecule has 2 heterocycles. The first-order chi connectivity index (χ1) is 11.0. The number of aryl methyl sites for hydroxylation is 1. The Hall–Kier alpha value is -1.85. The molecule has 1 N–H and O–H groups in total. The van der Waals surface area contributed by atoms with E-state index in [9.17, 15) is 9.59 Å². The van der Waals surface area contributed by atoms with Gasteiger partial charge in [-0.25, -0.2) is 9.36 Å². The van der Waals surface area contributed by atoms with Crippen LogP contribution >= 0.6 is 22.9 Å². The summed E-state index contributed by atoms with van der Waals surface area (Å²) in [7, 11) is 0. The zero-order chi connectivity index (χ0) is 16.1. The molecule has 0 unspecified atom stereocenters. The maximum atomic E-state index is 13.0. The van der Waals surface area contributed by atoms with E-state index in [1.54, 1.807) is 35.6 Å². The van der Waals surface area contributed by atoms with Gasteiger partial charge in [0.05, 0.1) is 11.1 Å². The molecule has 0 spiro atoms. The van der Waals surface area contributed by atoms with Crippen molar-refractivity contribution in [2.45, 2.75) is 26.2 Å². The van der Waals surface area contributed by atoms with Gasteiger partial charge in [-0.15, -0.1) is 11.3 Å². The normalized spacial score (nSPS) is 17.4. The third-order valence-electron chi connectivity index (χ3n) is 4.43. The molecule has 6 heteroatoms. The lowest BCUT2D eigenvalue weighted by molar-refractivity contribution is 0.508. The summed E-state index contributed by atoms with van der Waals surface area (Å²) in [4.78, 5) is 30.2. The van der Waals surface area contributed by atoms with E-state index >= 15 is 0 Å². The van der Waals surface area contributed by atoms with Crippen molar-refractivity contribution in [3.8, 4) is 5.69 Å². The summed E-state index contributed by atoms with van der Waals surface area (Å²) >= 11 is 7.44. The number of benzene rings is 1. The van der Waals surface area contributed by atoms with E-state index in [-0.39, 0.29) is 5.56 Å². The molecular weight excluding hydrogens is 332 g/mol. The van der Waals surface area contributed by atoms with Gasteiger partial charge in [0.1, 0.15) is 4.83 Å². The summed E-state index contributed by atoms with van der Waals surface area (Å²) in [6.45, 7) is 2.20. The zero-order valence-electron chi connectivity index (χ0n) is 12.6. The molecular formula is C17H15ClN2O2S. The summed E-state index contributed by atoms with van der Waals surface area (Å²) in [6, 6.07) is 6.73. The van der Waals surface area contributed by atoms with Crippen LogP contribution in [0.25, 0.3) is 15.9 Å². The first-order valence-electron chi connectivity index (χ1n) is 7.60. The fraction of sp³-hybridized carbons (Fsp3) is 0.294. The molecule has 1 aromatic carbocycles. The fourth-order valence-electron chi connectivity index (χ4n) is 3.25. The van der Waals surface area contributed by atoms with Crippen molar-refractivity contribution in [3.05, 3.63) is 60.6 Å². The summed E-state index contributed by atoms with van der Waals surface area (Å²) in [5, 5.41) is 1.24. The maximum Gasteiger partial charge on any atom is 0.334 e. The number of rotatable bonds is 1. The van der Waals surface area contributed by atoms with Crippen molar-refractivity contribution in [2.75, 3.05) is 0 Å². The van der Waals surface area contributed by atoms with Crippen LogP contribution in [0, 0.1) is 5.92 Å². The Balaban J connectivity index is 2.03. The highest BCUT2D eigenvalue weighted by atomic mass is 35.5. The van der Waals surface area contributed by atoms with Gasteiger partial charge in [0.15, 0.2) is 0 Å². The largest absolute Gasteiger partial charge is 0.334 e. The monoisotopic (exact) mass is 346 g/mol. The van der Waals surface area contributed by atoms with Crippen LogP contribution in [0.3, 0.4) is 0 Å². The van der Waals surface area contributed by atoms with Gasteiger partial charge in [-0.3, -0.25) is 9.78 Å². The van der Waals surface area contributed by atoms with Gasteiger partial charge in [0.25, 0.3) is 5.56 Å². The van der Waals surface area contributed by atoms with Crippen molar-refractivity contribution in [1.82, 2.24) is 9.55 Å². The van der Waals surface area contributed by atoms with Crippen LogP contribution in [0.15, 0.2) is 33.9 Å². The van der Waals surface area contributed by atoms with Gasteiger partial charge in [0, 0.05) is 9.90 Å². The number of halogens is 1. The van der Waals surface area contributed by atoms with E-state index in [2.05, 4.69) is 11.9 Å². The number of nitrogens with one attached hydrogen (secondary N) is 1. The number of hydrogen-bond donors (Lipinski definition) is 1. The van der Waals surface area contributed by atoms with Gasteiger partial charge >= 0.3 is 5.69 Å². The Bertz CT molecular complexity index is 1010. The molecule has 0 saturated heterocycles. The van der Waals surface area contributed by atoms with Crippen LogP contribution in [0.2, 0.25) is 5.02 Å². The van der Waals surface area contributed by atoms with Crippen molar-refractivity contribution >= 4 is 33.2 Å². The number of aromatic amines is 1. The van der Waals surface area contributed by atoms with E-state index in [1.165, 1.54) is 9.44 Å². The first kappa shape index (κ1) is 14.7. The van der Waals surface area contributed by atoms with Crippen molar-refractivity contribution in [3.63, 3.8) is 0 Å². The first-order valence-corrected chi connectivity index (χ1v) is 8.79. The lowest BCUT2D eigenvalue weighted by Crippen LogP contribution is -2.33. The molecule has 4 rings (SSSR count). The highest BCUT2D eigenvalue weighted by Gasteiger charge is 2.24. The number of fused-ring (bicyclic) bond motifs is 3. The second-order valence-electron chi connectivity index (χ2n) is 6.10. The minimum atomic E-state index is -0.406. The van der Waals surface area contributed by atoms with Crippen molar-refractivity contribution < 1.29 is 0 Å². The Morgan fingerprint density at radius 1 is 1.26 bits per heavy atom. The van der Waals surface area contributed by atoms with Crippen LogP contribution in [0.5, 0.6) is 0 Å². The number of nitrogens with zero attached hydrogens (tertiary/aromatic N) is 1. The predicted octanol–water partition coefficient (Wildman–Crippen LogP) is 3.52. The molecule has 118 valence electrons. The molecule has 1 atom stereocenters. The highest BCUT2D eigenvalue weighted by molar-refractivity contribution is 7.18. The minimum Gasteiger partial charge on any atom is -0.298 e. The van der Waals surface area contributed by atoms with Crippen molar-refractivity contribution in [2.24, 2.45) is 5.92 Å². The average molecular weight is 347 g/mol. The molecule has 1 aliphatic rings. The minimum absolute atomic E-state index is 0.238. The summed E-state index contributed by atoms with van der Waals surface area (Å²) in [6.07, 6.45) is 3.02. The Kier molecular flexibility index (Phi) is 3.43. The predicted molar refractivity (Wildman–Crippen MR) is 94.2 cm³/mol. The molecule has 0 bridgehead atoms. The zero-order valence-corrected chi connectivity index (χ0v) is 14.1. The molecule has 0 aliphatic heterocycles. The van der Waals surface area contributed by atoms with Crippen molar-refractivity contribution in [1.29, 1.82) is 0 Å². The molecule has 0 fully saturated rings. The molecule has 2 aromatic heterocycles. The second-order valence-corrected chi connectivity index (χ2v) is 7.64. The molecule has 3 aromatic rings. The molecule has 1 aliphatic carbocycles. The fourth-order valence-corrected chi connectivity index (χ4v) is 4.61. The smallest absolute Gasteiger partial charge is 0.298 e. The summed E-state index contributed by atoms with van der Waals surface area (Å²) < 4.78 is 1.20. The molecule has 0 radical (unpaired) electrons. The Morgan fingerprint density at radius 3 is 2.74 bits per heavy atom. The van der Waals surface area contributed by atoms with E-state index in [0.29, 0.717) is 26.8 Å². The van der Waals surface area contributed by atoms with E-state index in [0.717, 1.165) is 24.8 Å². The van der Waals surface area contributed by atoms with E-state index in [1.807, 2.05) is 0 Å². The molecule has 0 saturated carbocycles. The molecule has 4 nitrogen and oxygen atoms in total. The number of aromatic nitrogens is 2. The SMILES string of the molecule is C[C@@H]1CCc2sc3[nH]c(=O)n(-c4ccc(Cl)cc4)c(=O)c3c2C1. The quantitative estimate of drug-likeness (QED) is 0.733. The third kappa shape index (κ3) is 2.35. The van der Waals surface area contributed by atoms with Crippen LogP contribution in [-0.4, -0.2) is 9.55 Å². The molecule has 23 heavy (non-hydrogen) atoms. The Labute approximate surface area is 141 Å². The standard InChI is InChI=1S/C17H15ClN2O2S/c1-9-2-7-13-12(8-9)14-15(23-13)19-17(22)20(16(14)21)11-5-3-10(18)4-6-11/h3-6,9H,2,7-8H2,1H3,(H,19,22)/t9-/m1/s1. The highest BCUT2D eigenvalue weighted by Crippen LogP contribution is 2.35. The van der Waals surface area contributed by atoms with E-state index < -0.39 is 5.69 Å². The van der Waals surface area contributed by atoms with E-state index in [4.69, 9.17) is 11.6 Å². The average Bonchev–Trinajstić information content (AvgIpc) is 2.86.